The van der Waals surface area contributed by atoms with Crippen molar-refractivity contribution in [3.05, 3.63) is 24.3 Å². The molecule has 0 aromatic heterocycles. The number of nitrogen functional groups attached to an aromatic ring is 1. The molecule has 1 aliphatic rings. The summed E-state index contributed by atoms with van der Waals surface area (Å²) in [7, 11) is 0. The van der Waals surface area contributed by atoms with Crippen LogP contribution in [0, 0.1) is 0 Å². The van der Waals surface area contributed by atoms with E-state index in [0.717, 1.165) is 50.4 Å². The Morgan fingerprint density at radius 2 is 2.05 bits per heavy atom. The van der Waals surface area contributed by atoms with E-state index in [4.69, 9.17) is 10.5 Å². The number of carbonyl (C=O) groups excluding carboxylic acids is 1. The monoisotopic (exact) mass is 291 g/mol. The van der Waals surface area contributed by atoms with Crippen LogP contribution >= 0.6 is 0 Å². The summed E-state index contributed by atoms with van der Waals surface area (Å²) in [4.78, 5) is 16.1. The molecule has 1 fully saturated rings. The van der Waals surface area contributed by atoms with Gasteiger partial charge in [-0.1, -0.05) is 19.4 Å². The number of ether oxygens (including phenoxy) is 1. The van der Waals surface area contributed by atoms with Crippen LogP contribution in [-0.2, 0) is 9.53 Å². The van der Waals surface area contributed by atoms with E-state index in [2.05, 4.69) is 22.8 Å². The van der Waals surface area contributed by atoms with Crippen molar-refractivity contribution < 1.29 is 9.53 Å². The number of hydrogen-bond acceptors (Lipinski definition) is 5. The third-order valence-corrected chi connectivity index (χ3v) is 3.72. The lowest BCUT2D eigenvalue weighted by atomic mass is 10.2. The fourth-order valence-corrected chi connectivity index (χ4v) is 2.44. The van der Waals surface area contributed by atoms with Crippen LogP contribution < -0.4 is 10.6 Å². The molecule has 0 saturated carbocycles. The number of anilines is 2. The van der Waals surface area contributed by atoms with E-state index in [1.807, 2.05) is 18.2 Å². The van der Waals surface area contributed by atoms with Gasteiger partial charge in [0.1, 0.15) is 0 Å². The molecular weight excluding hydrogens is 266 g/mol. The molecule has 0 amide bonds. The van der Waals surface area contributed by atoms with Crippen LogP contribution in [0.25, 0.3) is 0 Å². The van der Waals surface area contributed by atoms with Gasteiger partial charge in [-0.05, 0) is 24.6 Å². The van der Waals surface area contributed by atoms with Crippen molar-refractivity contribution in [2.24, 2.45) is 0 Å². The van der Waals surface area contributed by atoms with Crippen molar-refractivity contribution in [2.45, 2.75) is 19.8 Å². The van der Waals surface area contributed by atoms with E-state index in [1.165, 1.54) is 0 Å². The number of nitrogens with zero attached hydrogens (tertiary/aromatic N) is 2. The second kappa shape index (κ2) is 7.88. The number of benzene rings is 1. The van der Waals surface area contributed by atoms with Gasteiger partial charge in [-0.2, -0.15) is 0 Å². The zero-order chi connectivity index (χ0) is 15.1. The number of hydrogen-bond donors (Lipinski definition) is 1. The van der Waals surface area contributed by atoms with Gasteiger partial charge in [0, 0.05) is 37.6 Å². The van der Waals surface area contributed by atoms with E-state index in [0.29, 0.717) is 13.2 Å². The molecule has 2 N–H and O–H groups in total. The number of nitrogens with two attached hydrogens (primary N) is 1. The fraction of sp³-hybridized carbons (Fsp3) is 0.562. The molecule has 21 heavy (non-hydrogen) atoms. The maximum Gasteiger partial charge on any atom is 0.320 e. The fourth-order valence-electron chi connectivity index (χ4n) is 2.44. The smallest absolute Gasteiger partial charge is 0.320 e. The van der Waals surface area contributed by atoms with Crippen molar-refractivity contribution in [3.8, 4) is 0 Å². The summed E-state index contributed by atoms with van der Waals surface area (Å²) >= 11 is 0. The molecule has 0 unspecified atom stereocenters. The van der Waals surface area contributed by atoms with E-state index >= 15 is 0 Å². The molecule has 2 rings (SSSR count). The molecule has 0 radical (unpaired) electrons. The van der Waals surface area contributed by atoms with Crippen molar-refractivity contribution in [3.63, 3.8) is 0 Å². The van der Waals surface area contributed by atoms with E-state index in [-0.39, 0.29) is 5.97 Å². The standard InChI is InChI=1S/C16H25N3O2/c1-2-3-11-21-16(20)13-18-7-9-19(10-8-18)15-6-4-5-14(17)12-15/h4-6,12H,2-3,7-11,13,17H2,1H3. The first-order valence-corrected chi connectivity index (χ1v) is 7.67. The minimum absolute atomic E-state index is 0.110. The molecule has 0 aliphatic carbocycles. The summed E-state index contributed by atoms with van der Waals surface area (Å²) in [5.41, 5.74) is 7.76. The molecule has 0 bridgehead atoms. The largest absolute Gasteiger partial charge is 0.465 e. The van der Waals surface area contributed by atoms with Crippen molar-refractivity contribution in [2.75, 3.05) is 50.0 Å². The van der Waals surface area contributed by atoms with Crippen molar-refractivity contribution in [1.82, 2.24) is 4.90 Å². The summed E-state index contributed by atoms with van der Waals surface area (Å²) in [5, 5.41) is 0. The lowest BCUT2D eigenvalue weighted by Gasteiger charge is -2.35. The number of carbonyl (C=O) groups is 1. The van der Waals surface area contributed by atoms with Gasteiger partial charge in [0.2, 0.25) is 0 Å². The predicted molar refractivity (Wildman–Crippen MR) is 85.4 cm³/mol. The molecule has 116 valence electrons. The Hall–Kier alpha value is -1.75. The first-order valence-electron chi connectivity index (χ1n) is 7.67. The van der Waals surface area contributed by atoms with Crippen LogP contribution in [0.15, 0.2) is 24.3 Å². The highest BCUT2D eigenvalue weighted by molar-refractivity contribution is 5.71. The molecular formula is C16H25N3O2. The van der Waals surface area contributed by atoms with Crippen LogP contribution in [0.5, 0.6) is 0 Å². The number of piperazine rings is 1. The topological polar surface area (TPSA) is 58.8 Å². The van der Waals surface area contributed by atoms with Gasteiger partial charge in [0.25, 0.3) is 0 Å². The third kappa shape index (κ3) is 4.93. The predicted octanol–water partition coefficient (Wildman–Crippen LogP) is 1.73. The molecule has 1 aromatic carbocycles. The average Bonchev–Trinajstić information content (AvgIpc) is 2.48. The van der Waals surface area contributed by atoms with Gasteiger partial charge in [0.15, 0.2) is 0 Å². The normalized spacial score (nSPS) is 16.0. The van der Waals surface area contributed by atoms with Crippen molar-refractivity contribution in [1.29, 1.82) is 0 Å². The average molecular weight is 291 g/mol. The van der Waals surface area contributed by atoms with Crippen LogP contribution in [0.4, 0.5) is 11.4 Å². The van der Waals surface area contributed by atoms with E-state index in [1.54, 1.807) is 0 Å². The Labute approximate surface area is 126 Å². The van der Waals surface area contributed by atoms with E-state index in [9.17, 15) is 4.79 Å². The summed E-state index contributed by atoms with van der Waals surface area (Å²) < 4.78 is 5.20. The van der Waals surface area contributed by atoms with Crippen LogP contribution in [0.3, 0.4) is 0 Å². The summed E-state index contributed by atoms with van der Waals surface area (Å²) in [6.07, 6.45) is 1.99. The molecule has 1 heterocycles. The first-order chi connectivity index (χ1) is 10.2. The zero-order valence-corrected chi connectivity index (χ0v) is 12.8. The van der Waals surface area contributed by atoms with Crippen LogP contribution in [0.2, 0.25) is 0 Å². The first kappa shape index (κ1) is 15.6. The Morgan fingerprint density at radius 3 is 2.71 bits per heavy atom. The summed E-state index contributed by atoms with van der Waals surface area (Å²) in [5.74, 6) is -0.110. The summed E-state index contributed by atoms with van der Waals surface area (Å²) in [6.45, 7) is 6.59. The number of unbranched alkanes of at least 4 members (excludes halogenated alkanes) is 1. The highest BCUT2D eigenvalue weighted by atomic mass is 16.5. The minimum atomic E-state index is -0.110. The molecule has 1 aliphatic heterocycles. The zero-order valence-electron chi connectivity index (χ0n) is 12.8. The Balaban J connectivity index is 1.74. The second-order valence-corrected chi connectivity index (χ2v) is 5.43. The highest BCUT2D eigenvalue weighted by Crippen LogP contribution is 2.19. The van der Waals surface area contributed by atoms with Gasteiger partial charge in [-0.25, -0.2) is 0 Å². The third-order valence-electron chi connectivity index (χ3n) is 3.72. The minimum Gasteiger partial charge on any atom is -0.465 e. The molecule has 1 aromatic rings. The SMILES string of the molecule is CCCCOC(=O)CN1CCN(c2cccc(N)c2)CC1. The lowest BCUT2D eigenvalue weighted by molar-refractivity contribution is -0.145. The van der Waals surface area contributed by atoms with Crippen molar-refractivity contribution >= 4 is 17.3 Å². The Kier molecular flexibility index (Phi) is 5.87. The maximum atomic E-state index is 11.7. The van der Waals surface area contributed by atoms with Gasteiger partial charge < -0.3 is 15.4 Å². The van der Waals surface area contributed by atoms with E-state index < -0.39 is 0 Å². The summed E-state index contributed by atoms with van der Waals surface area (Å²) in [6, 6.07) is 7.94. The molecule has 5 heteroatoms. The molecule has 0 atom stereocenters. The number of esters is 1. The quantitative estimate of drug-likeness (QED) is 0.491. The Bertz CT molecular complexity index is 457. The van der Waals surface area contributed by atoms with Gasteiger partial charge in [0.05, 0.1) is 13.2 Å². The molecule has 0 spiro atoms. The van der Waals surface area contributed by atoms with Gasteiger partial charge >= 0.3 is 5.97 Å². The second-order valence-electron chi connectivity index (χ2n) is 5.43. The highest BCUT2D eigenvalue weighted by Gasteiger charge is 2.19. The lowest BCUT2D eigenvalue weighted by Crippen LogP contribution is -2.48. The molecule has 1 saturated heterocycles. The maximum absolute atomic E-state index is 11.7. The van der Waals surface area contributed by atoms with Gasteiger partial charge in [-0.3, -0.25) is 9.69 Å². The van der Waals surface area contributed by atoms with Gasteiger partial charge in [-0.15, -0.1) is 0 Å². The molecule has 5 nitrogen and oxygen atoms in total. The van der Waals surface area contributed by atoms with Crippen LogP contribution in [0.1, 0.15) is 19.8 Å². The number of rotatable bonds is 6. The van der Waals surface area contributed by atoms with Crippen LogP contribution in [-0.4, -0.2) is 50.2 Å². The Morgan fingerprint density at radius 1 is 1.29 bits per heavy atom.